The van der Waals surface area contributed by atoms with Crippen LogP contribution in [0.2, 0.25) is 0 Å². The maximum Gasteiger partial charge on any atom is 0.307 e. The molecule has 0 radical (unpaired) electrons. The number of alkyl halides is 1. The minimum atomic E-state index is -1.62. The number of carboxylic acid groups (broad SMARTS) is 1. The van der Waals surface area contributed by atoms with Crippen LogP contribution in [-0.4, -0.2) is 27.7 Å². The highest BCUT2D eigenvalue weighted by Gasteiger charge is 2.55. The summed E-state index contributed by atoms with van der Waals surface area (Å²) in [5.41, 5.74) is -0.577. The Morgan fingerprint density at radius 1 is 1.15 bits per heavy atom. The van der Waals surface area contributed by atoms with Crippen molar-refractivity contribution in [2.45, 2.75) is 64.0 Å². The van der Waals surface area contributed by atoms with Crippen LogP contribution >= 0.6 is 0 Å². The largest absolute Gasteiger partial charge is 0.507 e. The fourth-order valence-corrected chi connectivity index (χ4v) is 5.00. The van der Waals surface area contributed by atoms with Gasteiger partial charge < -0.3 is 10.2 Å². The van der Waals surface area contributed by atoms with E-state index in [1.165, 1.54) is 13.0 Å². The molecule has 3 rings (SSSR count). The summed E-state index contributed by atoms with van der Waals surface area (Å²) in [5, 5.41) is 19.7. The lowest BCUT2D eigenvalue weighted by Gasteiger charge is -2.16. The smallest absolute Gasteiger partial charge is 0.307 e. The number of Topliss-reactive ketones (excluding diaryl/α,β-unsaturated/α-hetero) is 2. The number of allylic oxidation sites excluding steroid dienone is 3. The number of carbonyl (C=O) groups excluding carboxylic acids is 2. The SMILES string of the molecule is C=CC(C)(F)c1ccc(CC2C3CCCCCCC(=O)C(=C(O)C(=C)CC(=O)O)C(=O)C32)cc1. The Morgan fingerprint density at radius 2 is 1.79 bits per heavy atom. The van der Waals surface area contributed by atoms with Gasteiger partial charge in [-0.2, -0.15) is 0 Å². The number of carbonyl (C=O) groups is 3. The molecular formula is C28H33FO5. The summed E-state index contributed by atoms with van der Waals surface area (Å²) >= 11 is 0. The molecule has 2 fully saturated rings. The Hall–Kier alpha value is -3.02. The van der Waals surface area contributed by atoms with Crippen molar-refractivity contribution in [1.82, 2.24) is 0 Å². The zero-order valence-electron chi connectivity index (χ0n) is 19.7. The van der Waals surface area contributed by atoms with E-state index in [9.17, 15) is 23.9 Å². The van der Waals surface area contributed by atoms with Gasteiger partial charge in [0.2, 0.25) is 0 Å². The first-order valence-electron chi connectivity index (χ1n) is 11.9. The zero-order chi connectivity index (χ0) is 25.0. The number of aliphatic hydroxyl groups excluding tert-OH is 1. The van der Waals surface area contributed by atoms with Gasteiger partial charge in [0.1, 0.15) is 11.3 Å². The minimum Gasteiger partial charge on any atom is -0.507 e. The van der Waals surface area contributed by atoms with Gasteiger partial charge in [0, 0.05) is 12.3 Å². The van der Waals surface area contributed by atoms with Crippen LogP contribution < -0.4 is 0 Å². The number of ketones is 2. The van der Waals surface area contributed by atoms with Crippen molar-refractivity contribution in [3.63, 3.8) is 0 Å². The molecule has 1 aromatic rings. The summed E-state index contributed by atoms with van der Waals surface area (Å²) in [6, 6.07) is 7.15. The minimum absolute atomic E-state index is 0.0114. The molecule has 2 aliphatic carbocycles. The van der Waals surface area contributed by atoms with Gasteiger partial charge in [0.15, 0.2) is 17.2 Å². The Labute approximate surface area is 200 Å². The molecule has 2 N–H and O–H groups in total. The second-order valence-electron chi connectivity index (χ2n) is 9.67. The number of benzene rings is 1. The van der Waals surface area contributed by atoms with Crippen LogP contribution in [0.1, 0.15) is 63.0 Å². The Bertz CT molecular complexity index is 1020. The number of hydrogen-bond acceptors (Lipinski definition) is 4. The third kappa shape index (κ3) is 5.72. The second-order valence-corrected chi connectivity index (χ2v) is 9.67. The normalized spacial score (nSPS) is 26.5. The highest BCUT2D eigenvalue weighted by Crippen LogP contribution is 2.53. The summed E-state index contributed by atoms with van der Waals surface area (Å²) in [4.78, 5) is 37.5. The van der Waals surface area contributed by atoms with E-state index in [2.05, 4.69) is 13.2 Å². The molecule has 4 unspecified atom stereocenters. The van der Waals surface area contributed by atoms with Gasteiger partial charge in [-0.1, -0.05) is 62.8 Å². The van der Waals surface area contributed by atoms with Crippen molar-refractivity contribution in [2.75, 3.05) is 0 Å². The quantitative estimate of drug-likeness (QED) is 0.228. The molecule has 2 saturated carbocycles. The molecular weight excluding hydrogens is 435 g/mol. The number of aliphatic hydroxyl groups is 1. The fourth-order valence-electron chi connectivity index (χ4n) is 5.00. The molecule has 0 bridgehead atoms. The van der Waals surface area contributed by atoms with Gasteiger partial charge in [0.25, 0.3) is 0 Å². The molecule has 6 heteroatoms. The predicted octanol–water partition coefficient (Wildman–Crippen LogP) is 5.80. The highest BCUT2D eigenvalue weighted by molar-refractivity contribution is 6.22. The molecule has 0 spiro atoms. The number of halogens is 1. The molecule has 34 heavy (non-hydrogen) atoms. The monoisotopic (exact) mass is 468 g/mol. The third-order valence-electron chi connectivity index (χ3n) is 7.16. The van der Waals surface area contributed by atoms with E-state index in [0.717, 1.165) is 31.2 Å². The van der Waals surface area contributed by atoms with Gasteiger partial charge in [-0.25, -0.2) is 4.39 Å². The van der Waals surface area contributed by atoms with Gasteiger partial charge >= 0.3 is 5.97 Å². The lowest BCUT2D eigenvalue weighted by molar-refractivity contribution is -0.136. The Morgan fingerprint density at radius 3 is 2.41 bits per heavy atom. The lowest BCUT2D eigenvalue weighted by Crippen LogP contribution is -2.20. The summed E-state index contributed by atoms with van der Waals surface area (Å²) in [6.45, 7) is 8.57. The van der Waals surface area contributed by atoms with E-state index in [1.54, 1.807) is 12.1 Å². The van der Waals surface area contributed by atoms with Crippen LogP contribution in [0.15, 0.2) is 60.4 Å². The first kappa shape index (κ1) is 25.6. The summed E-state index contributed by atoms with van der Waals surface area (Å²) in [6.07, 6.45) is 5.74. The average molecular weight is 469 g/mol. The average Bonchev–Trinajstić information content (AvgIpc) is 3.47. The van der Waals surface area contributed by atoms with Crippen LogP contribution in [0.5, 0.6) is 0 Å². The Kier molecular flexibility index (Phi) is 7.90. The van der Waals surface area contributed by atoms with E-state index in [-0.39, 0.29) is 29.4 Å². The van der Waals surface area contributed by atoms with Crippen LogP contribution in [-0.2, 0) is 26.5 Å². The van der Waals surface area contributed by atoms with Gasteiger partial charge in [-0.15, -0.1) is 0 Å². The summed E-state index contributed by atoms with van der Waals surface area (Å²) < 4.78 is 14.5. The molecule has 1 aromatic carbocycles. The summed E-state index contributed by atoms with van der Waals surface area (Å²) in [5.74, 6) is -2.94. The standard InChI is InChI=1S/C28H33FO5/c1-4-28(3,29)19-13-11-18(12-14-19)16-21-20-9-7-5-6-8-10-22(30)25(27(34)24(20)21)26(33)17(2)15-23(31)32/h4,11-14,20-21,24,33H,1-2,5-10,15-16H2,3H3,(H,31,32). The van der Waals surface area contributed by atoms with E-state index in [1.807, 2.05) is 12.1 Å². The van der Waals surface area contributed by atoms with Gasteiger partial charge in [-0.3, -0.25) is 14.4 Å². The van der Waals surface area contributed by atoms with Crippen molar-refractivity contribution in [3.8, 4) is 0 Å². The van der Waals surface area contributed by atoms with Crippen LogP contribution in [0.3, 0.4) is 0 Å². The van der Waals surface area contributed by atoms with Gasteiger partial charge in [-0.05, 0) is 54.7 Å². The predicted molar refractivity (Wildman–Crippen MR) is 128 cm³/mol. The first-order valence-corrected chi connectivity index (χ1v) is 11.9. The third-order valence-corrected chi connectivity index (χ3v) is 7.16. The molecule has 0 aliphatic heterocycles. The van der Waals surface area contributed by atoms with Crippen LogP contribution in [0, 0.1) is 17.8 Å². The molecule has 0 amide bonds. The highest BCUT2D eigenvalue weighted by atomic mass is 19.1. The van der Waals surface area contributed by atoms with Crippen LogP contribution in [0.25, 0.3) is 0 Å². The van der Waals surface area contributed by atoms with Crippen molar-refractivity contribution in [1.29, 1.82) is 0 Å². The number of hydrogen-bond donors (Lipinski definition) is 2. The fraction of sp³-hybridized carbons (Fsp3) is 0.464. The Balaban J connectivity index is 1.87. The van der Waals surface area contributed by atoms with Crippen molar-refractivity contribution in [2.24, 2.45) is 17.8 Å². The maximum atomic E-state index is 14.5. The molecule has 182 valence electrons. The zero-order valence-corrected chi connectivity index (χ0v) is 19.7. The second kappa shape index (κ2) is 10.5. The molecule has 0 heterocycles. The van der Waals surface area contributed by atoms with E-state index >= 15 is 0 Å². The molecule has 5 nitrogen and oxygen atoms in total. The molecule has 4 atom stereocenters. The summed E-state index contributed by atoms with van der Waals surface area (Å²) in [7, 11) is 0. The van der Waals surface area contributed by atoms with Crippen LogP contribution in [0.4, 0.5) is 4.39 Å². The van der Waals surface area contributed by atoms with E-state index < -0.39 is 41.3 Å². The van der Waals surface area contributed by atoms with Gasteiger partial charge in [0.05, 0.1) is 6.42 Å². The van der Waals surface area contributed by atoms with Crippen molar-refractivity contribution in [3.05, 3.63) is 71.5 Å². The lowest BCUT2D eigenvalue weighted by atomic mass is 9.93. The number of fused-ring (bicyclic) bond motifs is 1. The number of rotatable bonds is 7. The maximum absolute atomic E-state index is 14.5. The molecule has 0 saturated heterocycles. The van der Waals surface area contributed by atoms with E-state index in [0.29, 0.717) is 18.4 Å². The first-order chi connectivity index (χ1) is 16.1. The molecule has 0 aromatic heterocycles. The number of aliphatic carboxylic acids is 1. The topological polar surface area (TPSA) is 91.7 Å². The van der Waals surface area contributed by atoms with Crippen molar-refractivity contribution >= 4 is 17.5 Å². The molecule has 2 aliphatic rings. The van der Waals surface area contributed by atoms with Crippen molar-refractivity contribution < 1.29 is 29.0 Å². The van der Waals surface area contributed by atoms with E-state index in [4.69, 9.17) is 5.11 Å². The number of carboxylic acids is 1.